The molecule has 0 saturated carbocycles. The SMILES string of the molecule is C.CC(C)(N)CCC(C)(C)N. The van der Waals surface area contributed by atoms with Gasteiger partial charge in [-0.25, -0.2) is 0 Å². The van der Waals surface area contributed by atoms with Crippen LogP contribution in [0, 0.1) is 0 Å². The maximum atomic E-state index is 5.79. The van der Waals surface area contributed by atoms with E-state index in [0.29, 0.717) is 0 Å². The van der Waals surface area contributed by atoms with E-state index in [1.165, 1.54) is 0 Å². The Balaban J connectivity index is 0. The van der Waals surface area contributed by atoms with E-state index in [-0.39, 0.29) is 18.5 Å². The van der Waals surface area contributed by atoms with Crippen molar-refractivity contribution in [2.24, 2.45) is 11.5 Å². The molecule has 11 heavy (non-hydrogen) atoms. The fraction of sp³-hybridized carbons (Fsp3) is 1.00. The van der Waals surface area contributed by atoms with Crippen molar-refractivity contribution in [1.82, 2.24) is 0 Å². The molecule has 0 spiro atoms. The molecule has 2 nitrogen and oxygen atoms in total. The normalized spacial score (nSPS) is 12.5. The van der Waals surface area contributed by atoms with Crippen molar-refractivity contribution in [1.29, 1.82) is 0 Å². The summed E-state index contributed by atoms with van der Waals surface area (Å²) in [4.78, 5) is 0. The largest absolute Gasteiger partial charge is 0.326 e. The minimum Gasteiger partial charge on any atom is -0.326 e. The summed E-state index contributed by atoms with van der Waals surface area (Å²) in [5, 5.41) is 0. The van der Waals surface area contributed by atoms with Crippen molar-refractivity contribution in [2.75, 3.05) is 0 Å². The maximum absolute atomic E-state index is 5.79. The first-order chi connectivity index (χ1) is 4.21. The second kappa shape index (κ2) is 4.07. The third-order valence-electron chi connectivity index (χ3n) is 1.41. The Morgan fingerprint density at radius 3 is 1.09 bits per heavy atom. The highest BCUT2D eigenvalue weighted by Gasteiger charge is 2.16. The van der Waals surface area contributed by atoms with E-state index in [0.717, 1.165) is 12.8 Å². The summed E-state index contributed by atoms with van der Waals surface area (Å²) < 4.78 is 0. The Bertz CT molecular complexity index is 81.1. The van der Waals surface area contributed by atoms with E-state index in [1.807, 2.05) is 27.7 Å². The summed E-state index contributed by atoms with van der Waals surface area (Å²) in [6.45, 7) is 8.11. The Morgan fingerprint density at radius 1 is 0.818 bits per heavy atom. The minimum absolute atomic E-state index is 0. The van der Waals surface area contributed by atoms with Crippen LogP contribution in [0.3, 0.4) is 0 Å². The molecular weight excluding hydrogens is 136 g/mol. The minimum atomic E-state index is -0.0728. The lowest BCUT2D eigenvalue weighted by Gasteiger charge is -2.24. The fourth-order valence-corrected chi connectivity index (χ4v) is 0.644. The average molecular weight is 160 g/mol. The van der Waals surface area contributed by atoms with E-state index in [2.05, 4.69) is 0 Å². The van der Waals surface area contributed by atoms with Crippen molar-refractivity contribution < 1.29 is 0 Å². The lowest BCUT2D eigenvalue weighted by atomic mass is 9.91. The van der Waals surface area contributed by atoms with Crippen LogP contribution in [0.2, 0.25) is 0 Å². The van der Waals surface area contributed by atoms with E-state index in [9.17, 15) is 0 Å². The van der Waals surface area contributed by atoms with Crippen LogP contribution in [0.1, 0.15) is 48.0 Å². The molecule has 0 aliphatic rings. The molecule has 0 aromatic rings. The summed E-state index contributed by atoms with van der Waals surface area (Å²) in [5.41, 5.74) is 11.4. The zero-order valence-corrected chi connectivity index (χ0v) is 7.57. The monoisotopic (exact) mass is 160 g/mol. The molecule has 0 saturated heterocycles. The first kappa shape index (κ1) is 13.5. The number of rotatable bonds is 3. The Morgan fingerprint density at radius 2 is 1.00 bits per heavy atom. The fourth-order valence-electron chi connectivity index (χ4n) is 0.644. The Labute approximate surface area is 71.3 Å². The van der Waals surface area contributed by atoms with E-state index >= 15 is 0 Å². The van der Waals surface area contributed by atoms with Gasteiger partial charge >= 0.3 is 0 Å². The van der Waals surface area contributed by atoms with Crippen LogP contribution >= 0.6 is 0 Å². The molecule has 0 atom stereocenters. The van der Waals surface area contributed by atoms with Crippen molar-refractivity contribution in [3.05, 3.63) is 0 Å². The Hall–Kier alpha value is -0.0800. The van der Waals surface area contributed by atoms with Gasteiger partial charge in [0.25, 0.3) is 0 Å². The quantitative estimate of drug-likeness (QED) is 0.662. The molecule has 4 N–H and O–H groups in total. The summed E-state index contributed by atoms with van der Waals surface area (Å²) >= 11 is 0. The van der Waals surface area contributed by atoms with Gasteiger partial charge < -0.3 is 11.5 Å². The highest BCUT2D eigenvalue weighted by Crippen LogP contribution is 2.14. The lowest BCUT2D eigenvalue weighted by molar-refractivity contribution is 0.376. The van der Waals surface area contributed by atoms with E-state index in [1.54, 1.807) is 0 Å². The van der Waals surface area contributed by atoms with Crippen LogP contribution in [-0.4, -0.2) is 11.1 Å². The van der Waals surface area contributed by atoms with Gasteiger partial charge in [-0.3, -0.25) is 0 Å². The molecule has 0 heterocycles. The molecule has 0 radical (unpaired) electrons. The molecule has 0 bridgehead atoms. The predicted octanol–water partition coefficient (Wildman–Crippen LogP) is 1.88. The molecule has 70 valence electrons. The first-order valence-corrected chi connectivity index (χ1v) is 3.78. The van der Waals surface area contributed by atoms with Crippen molar-refractivity contribution in [3.63, 3.8) is 0 Å². The second-order valence-corrected chi connectivity index (χ2v) is 4.48. The molecule has 0 fully saturated rings. The van der Waals surface area contributed by atoms with Crippen molar-refractivity contribution in [2.45, 2.75) is 59.0 Å². The highest BCUT2D eigenvalue weighted by atomic mass is 14.7. The summed E-state index contributed by atoms with van der Waals surface area (Å²) in [7, 11) is 0. The van der Waals surface area contributed by atoms with Gasteiger partial charge in [0.05, 0.1) is 0 Å². The van der Waals surface area contributed by atoms with Gasteiger partial charge in [0.2, 0.25) is 0 Å². The molecule has 0 aromatic carbocycles. The third-order valence-corrected chi connectivity index (χ3v) is 1.41. The number of nitrogens with two attached hydrogens (primary N) is 2. The number of hydrogen-bond acceptors (Lipinski definition) is 2. The second-order valence-electron chi connectivity index (χ2n) is 4.48. The molecule has 0 rings (SSSR count). The number of hydrogen-bond donors (Lipinski definition) is 2. The molecule has 0 aromatic heterocycles. The molecule has 0 aliphatic heterocycles. The highest BCUT2D eigenvalue weighted by molar-refractivity contribution is 4.79. The lowest BCUT2D eigenvalue weighted by Crippen LogP contribution is -2.38. The van der Waals surface area contributed by atoms with E-state index < -0.39 is 0 Å². The summed E-state index contributed by atoms with van der Waals surface area (Å²) in [6, 6.07) is 0. The average Bonchev–Trinajstić information content (AvgIpc) is 1.57. The zero-order valence-electron chi connectivity index (χ0n) is 7.57. The van der Waals surface area contributed by atoms with Gasteiger partial charge in [-0.05, 0) is 40.5 Å². The van der Waals surface area contributed by atoms with Crippen LogP contribution < -0.4 is 11.5 Å². The molecule has 0 aliphatic carbocycles. The van der Waals surface area contributed by atoms with Crippen molar-refractivity contribution in [3.8, 4) is 0 Å². The first-order valence-electron chi connectivity index (χ1n) is 3.78. The van der Waals surface area contributed by atoms with Crippen LogP contribution in [0.25, 0.3) is 0 Å². The van der Waals surface area contributed by atoms with Crippen LogP contribution in [0.15, 0.2) is 0 Å². The van der Waals surface area contributed by atoms with Gasteiger partial charge in [-0.1, -0.05) is 7.43 Å². The molecule has 0 unspecified atom stereocenters. The van der Waals surface area contributed by atoms with Gasteiger partial charge in [-0.15, -0.1) is 0 Å². The standard InChI is InChI=1S/C8H20N2.CH4/c1-7(2,9)5-6-8(3,4)10;/h5-6,9-10H2,1-4H3;1H4. The van der Waals surface area contributed by atoms with Crippen molar-refractivity contribution >= 4 is 0 Å². The van der Waals surface area contributed by atoms with Gasteiger partial charge in [0, 0.05) is 11.1 Å². The maximum Gasteiger partial charge on any atom is 0.00977 e. The van der Waals surface area contributed by atoms with Crippen LogP contribution in [0.4, 0.5) is 0 Å². The summed E-state index contributed by atoms with van der Waals surface area (Å²) in [5.74, 6) is 0. The molecule has 2 heteroatoms. The summed E-state index contributed by atoms with van der Waals surface area (Å²) in [6.07, 6.45) is 1.97. The van der Waals surface area contributed by atoms with Crippen LogP contribution in [0.5, 0.6) is 0 Å². The zero-order chi connectivity index (χ0) is 8.41. The topological polar surface area (TPSA) is 52.0 Å². The third kappa shape index (κ3) is 13.0. The van der Waals surface area contributed by atoms with Gasteiger partial charge in [-0.2, -0.15) is 0 Å². The molecular formula is C9H24N2. The van der Waals surface area contributed by atoms with Gasteiger partial charge in [0.1, 0.15) is 0 Å². The van der Waals surface area contributed by atoms with Crippen LogP contribution in [-0.2, 0) is 0 Å². The smallest absolute Gasteiger partial charge is 0.00977 e. The Kier molecular flexibility index (Phi) is 5.00. The van der Waals surface area contributed by atoms with Gasteiger partial charge in [0.15, 0.2) is 0 Å². The van der Waals surface area contributed by atoms with E-state index in [4.69, 9.17) is 11.5 Å². The predicted molar refractivity (Wildman–Crippen MR) is 52.5 cm³/mol. The molecule has 0 amide bonds.